The van der Waals surface area contributed by atoms with Crippen LogP contribution in [0.15, 0.2) is 24.3 Å². The Morgan fingerprint density at radius 1 is 1.38 bits per heavy atom. The minimum Gasteiger partial charge on any atom is -0.399 e. The third-order valence-corrected chi connectivity index (χ3v) is 2.69. The normalized spacial score (nSPS) is 9.92. The minimum absolute atomic E-state index is 0.127. The first kappa shape index (κ1) is 10.1. The fourth-order valence-electron chi connectivity index (χ4n) is 0.897. The van der Waals surface area contributed by atoms with Gasteiger partial charge < -0.3 is 5.73 Å². The minimum atomic E-state index is 0.127. The number of nitrogen functional groups attached to an aromatic ring is 1. The SMILES string of the molecule is CCCSC(=O)c1ccc(N)cc1. The summed E-state index contributed by atoms with van der Waals surface area (Å²) in [6.07, 6.45) is 1.02. The van der Waals surface area contributed by atoms with Crippen molar-refractivity contribution in [1.82, 2.24) is 0 Å². The van der Waals surface area contributed by atoms with Gasteiger partial charge in [0.2, 0.25) is 5.12 Å². The number of anilines is 1. The maximum atomic E-state index is 11.4. The number of nitrogens with two attached hydrogens (primary N) is 1. The molecule has 0 spiro atoms. The number of thioether (sulfide) groups is 1. The highest BCUT2D eigenvalue weighted by atomic mass is 32.2. The number of benzene rings is 1. The monoisotopic (exact) mass is 195 g/mol. The summed E-state index contributed by atoms with van der Waals surface area (Å²) in [5.41, 5.74) is 6.93. The van der Waals surface area contributed by atoms with E-state index >= 15 is 0 Å². The fraction of sp³-hybridized carbons (Fsp3) is 0.300. The van der Waals surface area contributed by atoms with Gasteiger partial charge in [-0.1, -0.05) is 18.7 Å². The van der Waals surface area contributed by atoms with Crippen molar-refractivity contribution in [3.05, 3.63) is 29.8 Å². The second-order valence-electron chi connectivity index (χ2n) is 2.76. The Morgan fingerprint density at radius 2 is 2.00 bits per heavy atom. The highest BCUT2D eigenvalue weighted by Crippen LogP contribution is 2.14. The van der Waals surface area contributed by atoms with Crippen molar-refractivity contribution in [2.45, 2.75) is 13.3 Å². The van der Waals surface area contributed by atoms with Crippen molar-refractivity contribution in [1.29, 1.82) is 0 Å². The molecule has 0 bridgehead atoms. The molecule has 0 aliphatic carbocycles. The first-order valence-electron chi connectivity index (χ1n) is 4.26. The van der Waals surface area contributed by atoms with Gasteiger partial charge in [-0.2, -0.15) is 0 Å². The summed E-state index contributed by atoms with van der Waals surface area (Å²) in [6.45, 7) is 2.06. The van der Waals surface area contributed by atoms with Gasteiger partial charge in [0.05, 0.1) is 0 Å². The van der Waals surface area contributed by atoms with Crippen LogP contribution in [0.1, 0.15) is 23.7 Å². The van der Waals surface area contributed by atoms with Crippen LogP contribution in [0.25, 0.3) is 0 Å². The Balaban J connectivity index is 2.61. The van der Waals surface area contributed by atoms with Gasteiger partial charge in [-0.3, -0.25) is 4.79 Å². The van der Waals surface area contributed by atoms with Gasteiger partial charge in [0.15, 0.2) is 0 Å². The number of hydrogen-bond donors (Lipinski definition) is 1. The lowest BCUT2D eigenvalue weighted by molar-refractivity contribution is 0.108. The van der Waals surface area contributed by atoms with Crippen LogP contribution in [0.3, 0.4) is 0 Å². The lowest BCUT2D eigenvalue weighted by Gasteiger charge is -1.99. The second kappa shape index (κ2) is 4.92. The van der Waals surface area contributed by atoms with Crippen LogP contribution in [0.4, 0.5) is 5.69 Å². The highest BCUT2D eigenvalue weighted by molar-refractivity contribution is 8.14. The van der Waals surface area contributed by atoms with E-state index < -0.39 is 0 Å². The predicted octanol–water partition coefficient (Wildman–Crippen LogP) is 2.55. The zero-order valence-corrected chi connectivity index (χ0v) is 8.43. The fourth-order valence-corrected chi connectivity index (χ4v) is 1.59. The lowest BCUT2D eigenvalue weighted by Crippen LogP contribution is -1.95. The summed E-state index contributed by atoms with van der Waals surface area (Å²) in [6, 6.07) is 7.03. The number of rotatable bonds is 3. The van der Waals surface area contributed by atoms with Crippen LogP contribution >= 0.6 is 11.8 Å². The van der Waals surface area contributed by atoms with E-state index in [1.165, 1.54) is 11.8 Å². The third kappa shape index (κ3) is 3.11. The summed E-state index contributed by atoms with van der Waals surface area (Å²) in [7, 11) is 0. The van der Waals surface area contributed by atoms with Crippen LogP contribution in [-0.4, -0.2) is 10.9 Å². The molecule has 0 amide bonds. The van der Waals surface area contributed by atoms with Gasteiger partial charge in [0.25, 0.3) is 0 Å². The molecule has 0 atom stereocenters. The van der Waals surface area contributed by atoms with Crippen molar-refractivity contribution >= 4 is 22.6 Å². The van der Waals surface area contributed by atoms with Gasteiger partial charge >= 0.3 is 0 Å². The largest absolute Gasteiger partial charge is 0.399 e. The van der Waals surface area contributed by atoms with E-state index in [9.17, 15) is 4.79 Å². The maximum Gasteiger partial charge on any atom is 0.219 e. The zero-order valence-electron chi connectivity index (χ0n) is 7.62. The molecular formula is C10H13NOS. The molecule has 0 radical (unpaired) electrons. The molecule has 0 aliphatic heterocycles. The van der Waals surface area contributed by atoms with Crippen molar-refractivity contribution in [3.8, 4) is 0 Å². The Bertz CT molecular complexity index is 281. The molecule has 1 aromatic carbocycles. The molecule has 0 aromatic heterocycles. The number of hydrogen-bond acceptors (Lipinski definition) is 3. The van der Waals surface area contributed by atoms with Crippen LogP contribution in [0.5, 0.6) is 0 Å². The molecular weight excluding hydrogens is 182 g/mol. The molecule has 1 aromatic rings. The highest BCUT2D eigenvalue weighted by Gasteiger charge is 2.04. The van der Waals surface area contributed by atoms with Crippen molar-refractivity contribution in [3.63, 3.8) is 0 Å². The zero-order chi connectivity index (χ0) is 9.68. The molecule has 0 unspecified atom stereocenters. The predicted molar refractivity (Wildman–Crippen MR) is 57.9 cm³/mol. The molecule has 0 heterocycles. The molecule has 0 fully saturated rings. The van der Waals surface area contributed by atoms with E-state index in [-0.39, 0.29) is 5.12 Å². The van der Waals surface area contributed by atoms with Crippen LogP contribution < -0.4 is 5.73 Å². The van der Waals surface area contributed by atoms with Gasteiger partial charge in [-0.15, -0.1) is 0 Å². The van der Waals surface area contributed by atoms with Gasteiger partial charge in [0.1, 0.15) is 0 Å². The smallest absolute Gasteiger partial charge is 0.219 e. The van der Waals surface area contributed by atoms with E-state index in [4.69, 9.17) is 5.73 Å². The van der Waals surface area contributed by atoms with Gasteiger partial charge in [0, 0.05) is 17.0 Å². The average molecular weight is 195 g/mol. The molecule has 70 valence electrons. The summed E-state index contributed by atoms with van der Waals surface area (Å²) in [4.78, 5) is 11.4. The Hall–Kier alpha value is -0.960. The first-order chi connectivity index (χ1) is 6.24. The molecule has 13 heavy (non-hydrogen) atoms. The van der Waals surface area contributed by atoms with Gasteiger partial charge in [-0.25, -0.2) is 0 Å². The summed E-state index contributed by atoms with van der Waals surface area (Å²) in [5.74, 6) is 0.878. The second-order valence-corrected chi connectivity index (χ2v) is 3.83. The van der Waals surface area contributed by atoms with Crippen LogP contribution in [0, 0.1) is 0 Å². The van der Waals surface area contributed by atoms with Crippen molar-refractivity contribution < 1.29 is 4.79 Å². The molecule has 0 saturated heterocycles. The van der Waals surface area contributed by atoms with Gasteiger partial charge in [-0.05, 0) is 30.7 Å². The topological polar surface area (TPSA) is 43.1 Å². The van der Waals surface area contributed by atoms with E-state index in [0.29, 0.717) is 5.69 Å². The van der Waals surface area contributed by atoms with E-state index in [1.54, 1.807) is 24.3 Å². The summed E-state index contributed by atoms with van der Waals surface area (Å²) < 4.78 is 0. The molecule has 1 rings (SSSR count). The summed E-state index contributed by atoms with van der Waals surface area (Å²) >= 11 is 1.36. The Morgan fingerprint density at radius 3 is 2.54 bits per heavy atom. The van der Waals surface area contributed by atoms with E-state index in [0.717, 1.165) is 17.7 Å². The van der Waals surface area contributed by atoms with Crippen molar-refractivity contribution in [2.24, 2.45) is 0 Å². The van der Waals surface area contributed by atoms with Crippen LogP contribution in [0.2, 0.25) is 0 Å². The van der Waals surface area contributed by atoms with E-state index in [1.807, 2.05) is 0 Å². The molecule has 2 N–H and O–H groups in total. The summed E-state index contributed by atoms with van der Waals surface area (Å²) in [5, 5.41) is 0.127. The molecule has 0 aliphatic rings. The standard InChI is InChI=1S/C10H13NOS/c1-2-7-13-10(12)8-3-5-9(11)6-4-8/h3-6H,2,7,11H2,1H3. The van der Waals surface area contributed by atoms with Crippen molar-refractivity contribution in [2.75, 3.05) is 11.5 Å². The third-order valence-electron chi connectivity index (χ3n) is 1.58. The molecule has 0 saturated carbocycles. The molecule has 3 heteroatoms. The lowest BCUT2D eigenvalue weighted by atomic mass is 10.2. The Kier molecular flexibility index (Phi) is 3.83. The first-order valence-corrected chi connectivity index (χ1v) is 5.25. The van der Waals surface area contributed by atoms with Crippen LogP contribution in [-0.2, 0) is 0 Å². The maximum absolute atomic E-state index is 11.4. The quantitative estimate of drug-likeness (QED) is 0.754. The number of carbonyl (C=O) groups is 1. The average Bonchev–Trinajstić information content (AvgIpc) is 2.15. The number of carbonyl (C=O) groups excluding carboxylic acids is 1. The van der Waals surface area contributed by atoms with E-state index in [2.05, 4.69) is 6.92 Å². The molecule has 2 nitrogen and oxygen atoms in total. The Labute approximate surface area is 82.5 Å².